The molecule has 0 aromatic heterocycles. The fraction of sp³-hybridized carbons (Fsp3) is 0.273. The Kier molecular flexibility index (Phi) is 3.84. The van der Waals surface area contributed by atoms with Crippen LogP contribution in [0, 0.1) is 0 Å². The lowest BCUT2D eigenvalue weighted by molar-refractivity contribution is 0.0600. The number of esters is 1. The summed E-state index contributed by atoms with van der Waals surface area (Å²) in [5.74, 6) is -0.438. The molecule has 1 aromatic rings. The molecule has 2 N–H and O–H groups in total. The van der Waals surface area contributed by atoms with Gasteiger partial charge in [0.1, 0.15) is 4.99 Å². The van der Waals surface area contributed by atoms with E-state index >= 15 is 0 Å². The topological polar surface area (TPSA) is 55.6 Å². The zero-order valence-corrected chi connectivity index (χ0v) is 10.3. The summed E-state index contributed by atoms with van der Waals surface area (Å²) >= 11 is 4.88. The van der Waals surface area contributed by atoms with Crippen LogP contribution in [0.4, 0.5) is 5.69 Å². The van der Waals surface area contributed by atoms with Gasteiger partial charge in [-0.2, -0.15) is 0 Å². The van der Waals surface area contributed by atoms with E-state index < -0.39 is 5.97 Å². The maximum absolute atomic E-state index is 11.6. The number of methoxy groups -OCH3 is 1. The van der Waals surface area contributed by atoms with Gasteiger partial charge in [-0.1, -0.05) is 12.2 Å². The smallest absolute Gasteiger partial charge is 0.338 e. The zero-order valence-electron chi connectivity index (χ0n) is 9.48. The largest absolute Gasteiger partial charge is 0.465 e. The van der Waals surface area contributed by atoms with Crippen molar-refractivity contribution in [3.8, 4) is 0 Å². The van der Waals surface area contributed by atoms with Gasteiger partial charge in [-0.15, -0.1) is 0 Å². The summed E-state index contributed by atoms with van der Waals surface area (Å²) in [5.41, 5.74) is 7.36. The second-order valence-corrected chi connectivity index (χ2v) is 3.92. The maximum Gasteiger partial charge on any atom is 0.338 e. The Morgan fingerprint density at radius 1 is 1.38 bits per heavy atom. The van der Waals surface area contributed by atoms with Gasteiger partial charge in [0.2, 0.25) is 0 Å². The van der Waals surface area contributed by atoms with Crippen LogP contribution in [0.2, 0.25) is 0 Å². The number of hydrogen-bond donors (Lipinski definition) is 1. The summed E-state index contributed by atoms with van der Waals surface area (Å²) < 4.78 is 4.69. The van der Waals surface area contributed by atoms with Crippen molar-refractivity contribution >= 4 is 28.9 Å². The van der Waals surface area contributed by atoms with Crippen LogP contribution in [-0.2, 0) is 4.74 Å². The second-order valence-electron chi connectivity index (χ2n) is 3.48. The van der Waals surface area contributed by atoms with Crippen LogP contribution >= 0.6 is 12.2 Å². The van der Waals surface area contributed by atoms with Crippen molar-refractivity contribution in [3.05, 3.63) is 29.3 Å². The number of carbonyl (C=O) groups is 1. The molecule has 0 aliphatic rings. The molecule has 0 atom stereocenters. The van der Waals surface area contributed by atoms with E-state index in [2.05, 4.69) is 4.74 Å². The Bertz CT molecular complexity index is 430. The molecule has 0 fully saturated rings. The third-order valence-corrected chi connectivity index (χ3v) is 2.41. The summed E-state index contributed by atoms with van der Waals surface area (Å²) in [6.45, 7) is 0. The molecule has 0 aliphatic carbocycles. The Balaban J connectivity index is 3.32. The van der Waals surface area contributed by atoms with E-state index in [4.69, 9.17) is 18.0 Å². The highest BCUT2D eigenvalue weighted by Crippen LogP contribution is 2.18. The highest BCUT2D eigenvalue weighted by Gasteiger charge is 2.14. The molecule has 0 unspecified atom stereocenters. The lowest BCUT2D eigenvalue weighted by Crippen LogP contribution is -2.17. The quantitative estimate of drug-likeness (QED) is 0.633. The molecule has 5 heteroatoms. The molecule has 0 amide bonds. The maximum atomic E-state index is 11.6. The number of nitrogens with two attached hydrogens (primary N) is 1. The highest BCUT2D eigenvalue weighted by molar-refractivity contribution is 7.80. The van der Waals surface area contributed by atoms with Crippen LogP contribution < -0.4 is 10.6 Å². The van der Waals surface area contributed by atoms with Gasteiger partial charge in [0.25, 0.3) is 0 Å². The molecule has 0 bridgehead atoms. The third-order valence-electron chi connectivity index (χ3n) is 2.19. The summed E-state index contributed by atoms with van der Waals surface area (Å²) in [6, 6.07) is 5.28. The van der Waals surface area contributed by atoms with Gasteiger partial charge in [0, 0.05) is 25.3 Å². The number of anilines is 1. The molecule has 0 aliphatic heterocycles. The third kappa shape index (κ3) is 2.49. The summed E-state index contributed by atoms with van der Waals surface area (Å²) in [5, 5.41) is 0. The van der Waals surface area contributed by atoms with Gasteiger partial charge in [0.05, 0.1) is 12.7 Å². The van der Waals surface area contributed by atoms with Gasteiger partial charge in [-0.3, -0.25) is 0 Å². The fourth-order valence-corrected chi connectivity index (χ4v) is 1.48. The average molecular weight is 238 g/mol. The van der Waals surface area contributed by atoms with E-state index in [1.807, 2.05) is 25.1 Å². The monoisotopic (exact) mass is 238 g/mol. The first-order chi connectivity index (χ1) is 7.47. The van der Waals surface area contributed by atoms with Crippen molar-refractivity contribution in [2.45, 2.75) is 0 Å². The molecule has 0 saturated heterocycles. The summed E-state index contributed by atoms with van der Waals surface area (Å²) in [6.07, 6.45) is 0. The minimum Gasteiger partial charge on any atom is -0.465 e. The Morgan fingerprint density at radius 2 is 2.00 bits per heavy atom. The predicted molar refractivity (Wildman–Crippen MR) is 68.0 cm³/mol. The molecule has 0 radical (unpaired) electrons. The SMILES string of the molecule is COC(=O)c1cc(N(C)C)ccc1C(N)=S. The van der Waals surface area contributed by atoms with E-state index in [9.17, 15) is 4.79 Å². The molecule has 86 valence electrons. The van der Waals surface area contributed by atoms with Crippen LogP contribution in [0.1, 0.15) is 15.9 Å². The van der Waals surface area contributed by atoms with Crippen molar-refractivity contribution in [3.63, 3.8) is 0 Å². The van der Waals surface area contributed by atoms with Crippen LogP contribution in [-0.4, -0.2) is 32.2 Å². The summed E-state index contributed by atoms with van der Waals surface area (Å²) in [4.78, 5) is 13.6. The first kappa shape index (κ1) is 12.4. The molecular formula is C11H14N2O2S. The Hall–Kier alpha value is -1.62. The molecule has 1 aromatic carbocycles. The number of thiocarbonyl (C=S) groups is 1. The van der Waals surface area contributed by atoms with Crippen LogP contribution in [0.15, 0.2) is 18.2 Å². The number of ether oxygens (including phenoxy) is 1. The number of hydrogen-bond acceptors (Lipinski definition) is 4. The lowest BCUT2D eigenvalue weighted by atomic mass is 10.1. The van der Waals surface area contributed by atoms with E-state index in [0.717, 1.165) is 5.69 Å². The second kappa shape index (κ2) is 4.94. The predicted octanol–water partition coefficient (Wildman–Crippen LogP) is 1.17. The number of rotatable bonds is 3. The number of carbonyl (C=O) groups excluding carboxylic acids is 1. The van der Waals surface area contributed by atoms with Crippen LogP contribution in [0.25, 0.3) is 0 Å². The van der Waals surface area contributed by atoms with Crippen LogP contribution in [0.5, 0.6) is 0 Å². The molecule has 1 rings (SSSR count). The van der Waals surface area contributed by atoms with Crippen molar-refractivity contribution < 1.29 is 9.53 Å². The molecule has 0 spiro atoms. The average Bonchev–Trinajstić information content (AvgIpc) is 2.26. The van der Waals surface area contributed by atoms with E-state index in [1.54, 1.807) is 12.1 Å². The van der Waals surface area contributed by atoms with Gasteiger partial charge in [0.15, 0.2) is 0 Å². The van der Waals surface area contributed by atoms with E-state index in [-0.39, 0.29) is 4.99 Å². The molecule has 16 heavy (non-hydrogen) atoms. The van der Waals surface area contributed by atoms with Gasteiger partial charge in [-0.25, -0.2) is 4.79 Å². The van der Waals surface area contributed by atoms with Crippen molar-refractivity contribution in [2.24, 2.45) is 5.73 Å². The molecule has 0 heterocycles. The van der Waals surface area contributed by atoms with Crippen LogP contribution in [0.3, 0.4) is 0 Å². The Morgan fingerprint density at radius 3 is 2.44 bits per heavy atom. The highest BCUT2D eigenvalue weighted by atomic mass is 32.1. The standard InChI is InChI=1S/C11H14N2O2S/c1-13(2)7-4-5-8(10(12)16)9(6-7)11(14)15-3/h4-6H,1-3H3,(H2,12,16). The first-order valence-electron chi connectivity index (χ1n) is 4.67. The van der Waals surface area contributed by atoms with Crippen molar-refractivity contribution in [2.75, 3.05) is 26.1 Å². The lowest BCUT2D eigenvalue weighted by Gasteiger charge is -2.15. The van der Waals surface area contributed by atoms with E-state index in [1.165, 1.54) is 7.11 Å². The number of benzene rings is 1. The Labute approximate surface area is 100.0 Å². The minimum absolute atomic E-state index is 0.186. The van der Waals surface area contributed by atoms with Gasteiger partial charge >= 0.3 is 5.97 Å². The molecule has 4 nitrogen and oxygen atoms in total. The van der Waals surface area contributed by atoms with E-state index in [0.29, 0.717) is 11.1 Å². The first-order valence-corrected chi connectivity index (χ1v) is 5.07. The normalized spacial score (nSPS) is 9.69. The zero-order chi connectivity index (χ0) is 12.3. The molecular weight excluding hydrogens is 224 g/mol. The number of nitrogens with zero attached hydrogens (tertiary/aromatic N) is 1. The fourth-order valence-electron chi connectivity index (χ4n) is 1.30. The van der Waals surface area contributed by atoms with Crippen molar-refractivity contribution in [1.29, 1.82) is 0 Å². The van der Waals surface area contributed by atoms with Gasteiger partial charge < -0.3 is 15.4 Å². The minimum atomic E-state index is -0.438. The van der Waals surface area contributed by atoms with Gasteiger partial charge in [-0.05, 0) is 18.2 Å². The summed E-state index contributed by atoms with van der Waals surface area (Å²) in [7, 11) is 5.10. The van der Waals surface area contributed by atoms with Crippen molar-refractivity contribution in [1.82, 2.24) is 0 Å². The molecule has 0 saturated carbocycles.